The highest BCUT2D eigenvalue weighted by Gasteiger charge is 2.38. The fourth-order valence-electron chi connectivity index (χ4n) is 2.78. The number of rotatable bonds is 6. The van der Waals surface area contributed by atoms with Crippen molar-refractivity contribution in [2.75, 3.05) is 16.4 Å². The maximum Gasteiger partial charge on any atom is 0.490 e. The van der Waals surface area contributed by atoms with Gasteiger partial charge in [-0.05, 0) is 41.8 Å². The number of hydrogen-bond donors (Lipinski definition) is 7. The summed E-state index contributed by atoms with van der Waals surface area (Å²) >= 11 is 0. The van der Waals surface area contributed by atoms with Crippen LogP contribution in [-0.2, 0) is 14.4 Å². The predicted octanol–water partition coefficient (Wildman–Crippen LogP) is 2.84. The second-order valence-electron chi connectivity index (χ2n) is 7.80. The molecule has 0 unspecified atom stereocenters. The number of imidazole rings is 1. The van der Waals surface area contributed by atoms with E-state index in [1.165, 1.54) is 0 Å². The molecule has 37 heavy (non-hydrogen) atoms. The first-order valence-electron chi connectivity index (χ1n) is 10.3. The summed E-state index contributed by atoms with van der Waals surface area (Å²) in [6.45, 7) is 4.09. The van der Waals surface area contributed by atoms with Crippen molar-refractivity contribution in [3.63, 3.8) is 0 Å². The van der Waals surface area contributed by atoms with E-state index in [-0.39, 0.29) is 13.4 Å². The Morgan fingerprint density at radius 3 is 1.86 bits per heavy atom. The summed E-state index contributed by atoms with van der Waals surface area (Å²) in [5.74, 6) is -3.99. The number of nitrogens with one attached hydrogen (secondary N) is 3. The predicted molar refractivity (Wildman–Crippen MR) is 131 cm³/mol. The lowest BCUT2D eigenvalue weighted by atomic mass is 10.0. The summed E-state index contributed by atoms with van der Waals surface area (Å²) in [5.41, 5.74) is 8.69. The second-order valence-corrected chi connectivity index (χ2v) is 7.80. The molecule has 0 bridgehead atoms. The number of aliphatic hydroxyl groups excluding tert-OH is 2. The molecule has 3 rings (SSSR count). The van der Waals surface area contributed by atoms with Crippen LogP contribution in [0.2, 0.25) is 0 Å². The number of aliphatic hydroxyl groups is 2. The first-order chi connectivity index (χ1) is 16.7. The van der Waals surface area contributed by atoms with Crippen molar-refractivity contribution in [1.29, 1.82) is 0 Å². The number of carboxylic acids is 1. The third-order valence-corrected chi connectivity index (χ3v) is 4.69. The van der Waals surface area contributed by atoms with Gasteiger partial charge >= 0.3 is 12.1 Å². The van der Waals surface area contributed by atoms with Crippen LogP contribution in [0.15, 0.2) is 42.5 Å². The van der Waals surface area contributed by atoms with Crippen molar-refractivity contribution < 1.29 is 42.9 Å². The molecule has 0 radical (unpaired) electrons. The number of H-pyrrole nitrogens is 1. The lowest BCUT2D eigenvalue weighted by Crippen LogP contribution is -2.45. The summed E-state index contributed by atoms with van der Waals surface area (Å²) in [4.78, 5) is 40.2. The maximum atomic E-state index is 12.2. The molecule has 0 fully saturated rings. The van der Waals surface area contributed by atoms with E-state index in [2.05, 4.69) is 20.6 Å². The number of aromatic amines is 1. The fourth-order valence-corrected chi connectivity index (χ4v) is 2.78. The minimum Gasteiger partial charge on any atom is -0.475 e. The van der Waals surface area contributed by atoms with Gasteiger partial charge < -0.3 is 36.7 Å². The van der Waals surface area contributed by atoms with Gasteiger partial charge in [-0.3, -0.25) is 9.59 Å². The Morgan fingerprint density at radius 1 is 0.946 bits per heavy atom. The quantitative estimate of drug-likeness (QED) is 0.254. The number of anilines is 3. The summed E-state index contributed by atoms with van der Waals surface area (Å²) < 4.78 is 31.7. The van der Waals surface area contributed by atoms with Crippen LogP contribution in [0.4, 0.5) is 30.5 Å². The Balaban J connectivity index is 0.000000754. The number of carboxylic acid groups (broad SMARTS) is 1. The fraction of sp³-hybridized carbons (Fsp3) is 0.304. The number of amides is 2. The molecule has 2 aromatic carbocycles. The van der Waals surface area contributed by atoms with Crippen molar-refractivity contribution in [2.24, 2.45) is 0 Å². The topological polar surface area (TPSA) is 191 Å². The number of benzene rings is 2. The molecule has 14 heteroatoms. The normalized spacial score (nSPS) is 12.5. The number of halogens is 3. The van der Waals surface area contributed by atoms with Gasteiger partial charge in [0, 0.05) is 11.4 Å². The molecule has 11 nitrogen and oxygen atoms in total. The number of carbonyl (C=O) groups is 3. The maximum absolute atomic E-state index is 12.2. The van der Waals surface area contributed by atoms with Crippen molar-refractivity contribution >= 4 is 46.1 Å². The summed E-state index contributed by atoms with van der Waals surface area (Å²) in [6, 6.07) is 11.9. The van der Waals surface area contributed by atoms with Gasteiger partial charge in [-0.2, -0.15) is 13.2 Å². The van der Waals surface area contributed by atoms with Crippen molar-refractivity contribution in [1.82, 2.24) is 9.97 Å². The Hall–Kier alpha value is -4.17. The van der Waals surface area contributed by atoms with E-state index >= 15 is 0 Å². The number of nitrogens with zero attached hydrogens (tertiary/aromatic N) is 1. The van der Waals surface area contributed by atoms with E-state index in [1.54, 1.807) is 30.3 Å². The Labute approximate surface area is 209 Å². The number of nitrogens with two attached hydrogens (primary N) is 1. The van der Waals surface area contributed by atoms with Crippen LogP contribution in [0.25, 0.3) is 11.0 Å². The van der Waals surface area contributed by atoms with Crippen LogP contribution < -0.4 is 16.4 Å². The average Bonchev–Trinajstić information content (AvgIpc) is 3.17. The molecule has 0 aliphatic heterocycles. The number of aliphatic carboxylic acids is 1. The first-order valence-corrected chi connectivity index (χ1v) is 10.3. The van der Waals surface area contributed by atoms with Crippen molar-refractivity contribution in [2.45, 2.75) is 45.6 Å². The van der Waals surface area contributed by atoms with Crippen LogP contribution in [0.5, 0.6) is 0 Å². The van der Waals surface area contributed by atoms with Crippen LogP contribution in [0.1, 0.15) is 32.8 Å². The van der Waals surface area contributed by atoms with Gasteiger partial charge in [0.25, 0.3) is 11.8 Å². The monoisotopic (exact) mass is 527 g/mol. The van der Waals surface area contributed by atoms with Crippen LogP contribution in [0.3, 0.4) is 0 Å². The molecule has 2 atom stereocenters. The van der Waals surface area contributed by atoms with Gasteiger partial charge in [0.15, 0.2) is 18.2 Å². The zero-order valence-electron chi connectivity index (χ0n) is 19.0. The van der Waals surface area contributed by atoms with Crippen molar-refractivity contribution in [3.8, 4) is 0 Å². The van der Waals surface area contributed by atoms with E-state index in [9.17, 15) is 33.0 Å². The highest BCUT2D eigenvalue weighted by molar-refractivity contribution is 6.02. The number of carbonyl (C=O) groups excluding carboxylic acids is 2. The summed E-state index contributed by atoms with van der Waals surface area (Å²) in [7, 11) is 0. The molecule has 1 heterocycles. The number of hydrogen-bond acceptors (Lipinski definition) is 7. The number of fused-ring (bicyclic) bond motifs is 1. The summed E-state index contributed by atoms with van der Waals surface area (Å²) in [6.07, 6.45) is -8.97. The molecule has 3 aromatic rings. The number of nitrogen functional groups attached to an aromatic ring is 1. The van der Waals surface area contributed by atoms with E-state index in [1.807, 2.05) is 26.0 Å². The van der Waals surface area contributed by atoms with Gasteiger partial charge in [-0.15, -0.1) is 0 Å². The lowest BCUT2D eigenvalue weighted by Gasteiger charge is -2.17. The third-order valence-electron chi connectivity index (χ3n) is 4.69. The highest BCUT2D eigenvalue weighted by Crippen LogP contribution is 2.19. The molecule has 0 saturated heterocycles. The molecule has 0 spiro atoms. The van der Waals surface area contributed by atoms with Crippen LogP contribution in [0, 0.1) is 0 Å². The molecule has 202 valence electrons. The van der Waals surface area contributed by atoms with Gasteiger partial charge in [-0.1, -0.05) is 33.4 Å². The summed E-state index contributed by atoms with van der Waals surface area (Å²) in [5, 5.41) is 32.2. The van der Waals surface area contributed by atoms with E-state index in [0.717, 1.165) is 5.56 Å². The Kier molecular flexibility index (Phi) is 10.6. The van der Waals surface area contributed by atoms with Gasteiger partial charge in [0.2, 0.25) is 0 Å². The third kappa shape index (κ3) is 8.77. The molecule has 8 N–H and O–H groups in total. The van der Waals surface area contributed by atoms with Crippen molar-refractivity contribution in [3.05, 3.63) is 48.0 Å². The number of aromatic nitrogens is 2. The Bertz CT molecular complexity index is 1230. The molecular weight excluding hydrogens is 499 g/mol. The van der Waals surface area contributed by atoms with E-state index in [0.29, 0.717) is 28.3 Å². The minimum atomic E-state index is -5.08. The first kappa shape index (κ1) is 30.9. The van der Waals surface area contributed by atoms with Crippen LogP contribution >= 0.6 is 0 Å². The molecule has 0 saturated carbocycles. The highest BCUT2D eigenvalue weighted by atomic mass is 19.4. The number of alkyl halides is 3. The average molecular weight is 528 g/mol. The second kappa shape index (κ2) is 12.7. The van der Waals surface area contributed by atoms with Gasteiger partial charge in [0.1, 0.15) is 0 Å². The molecular formula is C23H28F3N5O6. The van der Waals surface area contributed by atoms with Crippen LogP contribution in [-0.4, -0.2) is 61.5 Å². The zero-order chi connectivity index (χ0) is 27.2. The smallest absolute Gasteiger partial charge is 0.475 e. The molecule has 1 aromatic heterocycles. The molecule has 2 amide bonds. The molecule has 0 aliphatic rings. The minimum absolute atomic E-state index is 0. The van der Waals surface area contributed by atoms with E-state index in [4.69, 9.17) is 15.6 Å². The van der Waals surface area contributed by atoms with Gasteiger partial charge in [-0.25, -0.2) is 9.78 Å². The lowest BCUT2D eigenvalue weighted by molar-refractivity contribution is -0.192. The molecule has 0 aliphatic carbocycles. The van der Waals surface area contributed by atoms with Gasteiger partial charge in [0.05, 0.1) is 11.0 Å². The zero-order valence-corrected chi connectivity index (χ0v) is 19.0. The Morgan fingerprint density at radius 2 is 1.41 bits per heavy atom. The SMILES string of the molecule is C.CC(C)c1ccc(NC(=O)[C@H](O)[C@@H](O)C(=O)Nc2ccc3nc(N)[nH]c3c2)cc1.O=C(O)C(F)(F)F. The standard InChI is InChI=1S/C20H23N5O4.C2HF3O2.CH4/c1-10(2)11-3-5-12(6-4-11)22-18(28)16(26)17(27)19(29)23-13-7-8-14-15(9-13)25-20(21)24-14;3-2(4,5)1(6)7;/h3-10,16-17,26-27H,1-2H3,(H,22,28)(H,23,29)(H3,21,24,25);(H,6,7);1H4/t16-,17-;;/m1../s1. The van der Waals surface area contributed by atoms with E-state index < -0.39 is 36.2 Å². The largest absolute Gasteiger partial charge is 0.490 e.